The summed E-state index contributed by atoms with van der Waals surface area (Å²) in [7, 11) is 0. The van der Waals surface area contributed by atoms with E-state index in [0.29, 0.717) is 46.4 Å². The third-order valence-corrected chi connectivity index (χ3v) is 6.85. The van der Waals surface area contributed by atoms with Crippen LogP contribution in [0.5, 0.6) is 0 Å². The van der Waals surface area contributed by atoms with Gasteiger partial charge in [-0.25, -0.2) is 4.98 Å². The number of H-pyrrole nitrogens is 1. The molecule has 1 aliphatic heterocycles. The van der Waals surface area contributed by atoms with Gasteiger partial charge in [0.2, 0.25) is 17.7 Å². The second kappa shape index (κ2) is 10.2. The molecule has 0 spiro atoms. The van der Waals surface area contributed by atoms with Crippen molar-refractivity contribution >= 4 is 57.9 Å². The molecular formula is C22H26Cl2N6O4. The molecule has 4 amide bonds. The van der Waals surface area contributed by atoms with Gasteiger partial charge in [0.05, 0.1) is 15.6 Å². The first-order chi connectivity index (χ1) is 16.2. The van der Waals surface area contributed by atoms with Gasteiger partial charge in [-0.05, 0) is 43.7 Å². The molecule has 0 radical (unpaired) electrons. The molecule has 0 bridgehead atoms. The van der Waals surface area contributed by atoms with Gasteiger partial charge in [0.15, 0.2) is 5.82 Å². The molecule has 2 fully saturated rings. The van der Waals surface area contributed by atoms with Crippen LogP contribution >= 0.6 is 23.2 Å². The minimum Gasteiger partial charge on any atom is -0.368 e. The van der Waals surface area contributed by atoms with Crippen molar-refractivity contribution in [2.45, 2.75) is 50.6 Å². The Morgan fingerprint density at radius 3 is 2.47 bits per heavy atom. The zero-order valence-corrected chi connectivity index (χ0v) is 19.8. The van der Waals surface area contributed by atoms with Crippen LogP contribution in [0, 0.1) is 11.8 Å². The SMILES string of the molecule is NC(=O)C(CC1CCCNC1=O)NC(=O)C(CC1CC1)NC(=O)c1nc2c(Cl)ccc(Cl)c2[nH]1. The number of nitrogens with zero attached hydrogens (tertiary/aromatic N) is 1. The van der Waals surface area contributed by atoms with Crippen LogP contribution in [0.2, 0.25) is 10.0 Å². The topological polar surface area (TPSA) is 159 Å². The predicted molar refractivity (Wildman–Crippen MR) is 126 cm³/mol. The number of hydrogen-bond acceptors (Lipinski definition) is 5. The number of primary amides is 1. The van der Waals surface area contributed by atoms with Crippen LogP contribution in [0.15, 0.2) is 12.1 Å². The van der Waals surface area contributed by atoms with E-state index >= 15 is 0 Å². The first kappa shape index (κ1) is 24.3. The van der Waals surface area contributed by atoms with Crippen molar-refractivity contribution < 1.29 is 19.2 Å². The molecule has 3 unspecified atom stereocenters. The van der Waals surface area contributed by atoms with Crippen molar-refractivity contribution in [3.05, 3.63) is 28.0 Å². The largest absolute Gasteiger partial charge is 0.368 e. The monoisotopic (exact) mass is 508 g/mol. The van der Waals surface area contributed by atoms with Crippen molar-refractivity contribution in [2.24, 2.45) is 17.6 Å². The molecule has 2 aliphatic rings. The first-order valence-electron chi connectivity index (χ1n) is 11.2. The minimum atomic E-state index is -1.02. The van der Waals surface area contributed by atoms with E-state index < -0.39 is 35.7 Å². The number of nitrogens with one attached hydrogen (secondary N) is 4. The standard InChI is InChI=1S/C22H26Cl2N6O4/c23-12-5-6-13(24)17-16(12)29-19(30-17)22(34)28-15(8-10-3-4-10)21(33)27-14(18(25)31)9-11-2-1-7-26-20(11)32/h5-6,10-11,14-15H,1-4,7-9H2,(H2,25,31)(H,26,32)(H,27,33)(H,28,34)(H,29,30). The van der Waals surface area contributed by atoms with Gasteiger partial charge in [-0.3, -0.25) is 19.2 Å². The highest BCUT2D eigenvalue weighted by Gasteiger charge is 2.34. The van der Waals surface area contributed by atoms with Gasteiger partial charge in [-0.15, -0.1) is 0 Å². The summed E-state index contributed by atoms with van der Waals surface area (Å²) >= 11 is 12.3. The Balaban J connectivity index is 1.47. The van der Waals surface area contributed by atoms with Gasteiger partial charge in [0.1, 0.15) is 17.6 Å². The second-order valence-electron chi connectivity index (χ2n) is 8.87. The number of benzene rings is 1. The van der Waals surface area contributed by atoms with Crippen LogP contribution in [0.1, 0.15) is 49.1 Å². The Bertz CT molecular complexity index is 1090. The van der Waals surface area contributed by atoms with E-state index in [0.717, 1.165) is 19.3 Å². The van der Waals surface area contributed by atoms with Crippen LogP contribution in [0.25, 0.3) is 11.0 Å². The summed E-state index contributed by atoms with van der Waals surface area (Å²) in [5, 5.41) is 8.78. The Labute approximate surface area is 205 Å². The summed E-state index contributed by atoms with van der Waals surface area (Å²) in [6.07, 6.45) is 3.84. The van der Waals surface area contributed by atoms with E-state index in [1.54, 1.807) is 12.1 Å². The third-order valence-electron chi connectivity index (χ3n) is 6.23. The zero-order valence-electron chi connectivity index (χ0n) is 18.3. The molecule has 1 saturated carbocycles. The third kappa shape index (κ3) is 5.61. The molecule has 1 aromatic heterocycles. The second-order valence-corrected chi connectivity index (χ2v) is 9.69. The predicted octanol–water partition coefficient (Wildman–Crippen LogP) is 1.65. The number of fused-ring (bicyclic) bond motifs is 1. The number of aromatic amines is 1. The summed E-state index contributed by atoms with van der Waals surface area (Å²) in [5.74, 6) is -2.18. The lowest BCUT2D eigenvalue weighted by Gasteiger charge is -2.26. The summed E-state index contributed by atoms with van der Waals surface area (Å²) < 4.78 is 0. The highest BCUT2D eigenvalue weighted by atomic mass is 35.5. The minimum absolute atomic E-state index is 0.0380. The molecule has 2 heterocycles. The average Bonchev–Trinajstić information content (AvgIpc) is 3.49. The van der Waals surface area contributed by atoms with Crippen molar-refractivity contribution in [3.63, 3.8) is 0 Å². The summed E-state index contributed by atoms with van der Waals surface area (Å²) in [6, 6.07) is 1.24. The highest BCUT2D eigenvalue weighted by Crippen LogP contribution is 2.34. The van der Waals surface area contributed by atoms with E-state index in [1.165, 1.54) is 0 Å². The number of rotatable bonds is 9. The average molecular weight is 509 g/mol. The number of carbonyl (C=O) groups is 4. The number of imidazole rings is 1. The normalized spacial score (nSPS) is 19.8. The molecule has 3 atom stereocenters. The quantitative estimate of drug-likeness (QED) is 0.347. The maximum Gasteiger partial charge on any atom is 0.287 e. The molecular weight excluding hydrogens is 483 g/mol. The van der Waals surface area contributed by atoms with Crippen LogP contribution < -0.4 is 21.7 Å². The number of aromatic nitrogens is 2. The summed E-state index contributed by atoms with van der Waals surface area (Å²) in [5.41, 5.74) is 6.28. The van der Waals surface area contributed by atoms with Crippen molar-refractivity contribution in [3.8, 4) is 0 Å². The van der Waals surface area contributed by atoms with Crippen molar-refractivity contribution in [2.75, 3.05) is 6.54 Å². The van der Waals surface area contributed by atoms with Crippen molar-refractivity contribution in [1.29, 1.82) is 0 Å². The number of nitrogens with two attached hydrogens (primary N) is 1. The molecule has 6 N–H and O–H groups in total. The number of halogens is 2. The molecule has 1 aromatic carbocycles. The maximum absolute atomic E-state index is 13.1. The number of carbonyl (C=O) groups excluding carboxylic acids is 4. The number of piperidine rings is 1. The zero-order chi connectivity index (χ0) is 24.4. The smallest absolute Gasteiger partial charge is 0.287 e. The molecule has 1 saturated heterocycles. The van der Waals surface area contributed by atoms with Gasteiger partial charge in [0.25, 0.3) is 5.91 Å². The van der Waals surface area contributed by atoms with Crippen molar-refractivity contribution in [1.82, 2.24) is 25.9 Å². The lowest BCUT2D eigenvalue weighted by atomic mass is 9.91. The lowest BCUT2D eigenvalue weighted by molar-refractivity contribution is -0.131. The Hall–Kier alpha value is -2.85. The van der Waals surface area contributed by atoms with E-state index in [4.69, 9.17) is 28.9 Å². The molecule has 10 nitrogen and oxygen atoms in total. The fourth-order valence-corrected chi connectivity index (χ4v) is 4.54. The Morgan fingerprint density at radius 1 is 1.09 bits per heavy atom. The molecule has 34 heavy (non-hydrogen) atoms. The number of amides is 4. The molecule has 12 heteroatoms. The number of hydrogen-bond donors (Lipinski definition) is 5. The van der Waals surface area contributed by atoms with Crippen LogP contribution in [-0.4, -0.2) is 52.2 Å². The van der Waals surface area contributed by atoms with Gasteiger partial charge in [-0.2, -0.15) is 0 Å². The van der Waals surface area contributed by atoms with Gasteiger partial charge in [-0.1, -0.05) is 36.0 Å². The molecule has 1 aliphatic carbocycles. The summed E-state index contributed by atoms with van der Waals surface area (Å²) in [4.78, 5) is 57.2. The Morgan fingerprint density at radius 2 is 1.82 bits per heavy atom. The van der Waals surface area contributed by atoms with Gasteiger partial charge in [0, 0.05) is 12.5 Å². The highest BCUT2D eigenvalue weighted by molar-refractivity contribution is 6.39. The summed E-state index contributed by atoms with van der Waals surface area (Å²) in [6.45, 7) is 0.594. The van der Waals surface area contributed by atoms with Gasteiger partial charge >= 0.3 is 0 Å². The lowest BCUT2D eigenvalue weighted by Crippen LogP contribution is -2.54. The van der Waals surface area contributed by atoms with E-state index in [9.17, 15) is 19.2 Å². The van der Waals surface area contributed by atoms with Crippen LogP contribution in [0.3, 0.4) is 0 Å². The molecule has 4 rings (SSSR count). The van der Waals surface area contributed by atoms with E-state index in [2.05, 4.69) is 25.9 Å². The van der Waals surface area contributed by atoms with Crippen LogP contribution in [0.4, 0.5) is 0 Å². The van der Waals surface area contributed by atoms with E-state index in [-0.39, 0.29) is 18.2 Å². The van der Waals surface area contributed by atoms with Crippen LogP contribution in [-0.2, 0) is 14.4 Å². The van der Waals surface area contributed by atoms with Gasteiger partial charge < -0.3 is 26.7 Å². The first-order valence-corrected chi connectivity index (χ1v) is 12.0. The fraction of sp³-hybridized carbons (Fsp3) is 0.500. The van der Waals surface area contributed by atoms with E-state index in [1.807, 2.05) is 0 Å². The maximum atomic E-state index is 13.1. The molecule has 2 aromatic rings. The Kier molecular flexibility index (Phi) is 7.27. The molecule has 182 valence electrons. The fourth-order valence-electron chi connectivity index (χ4n) is 4.14.